The molecule has 1 amide bonds. The summed E-state index contributed by atoms with van der Waals surface area (Å²) in [6, 6.07) is 3.26. The second-order valence-electron chi connectivity index (χ2n) is 5.06. The van der Waals surface area contributed by atoms with Crippen LogP contribution in [0.4, 0.5) is 0 Å². The lowest BCUT2D eigenvalue weighted by Crippen LogP contribution is -2.39. The fourth-order valence-electron chi connectivity index (χ4n) is 2.07. The standard InChI is InChI=1S/C13H18N2O3S/c1-8-6-10(13(16)15-11-4-3-5-11)7-12(9(8)2)19(14,17)18/h6-7,11H,3-5H2,1-2H3,(H,15,16)(H2,14,17,18). The lowest BCUT2D eigenvalue weighted by molar-refractivity contribution is 0.0916. The number of carbonyl (C=O) groups excluding carboxylic acids is 1. The molecule has 1 saturated carbocycles. The van der Waals surface area contributed by atoms with Crippen LogP contribution in [-0.2, 0) is 10.0 Å². The summed E-state index contributed by atoms with van der Waals surface area (Å²) in [7, 11) is -3.81. The number of hydrogen-bond acceptors (Lipinski definition) is 3. The number of carbonyl (C=O) groups is 1. The Bertz CT molecular complexity index is 619. The van der Waals surface area contributed by atoms with E-state index in [2.05, 4.69) is 5.32 Å². The van der Waals surface area contributed by atoms with Crippen LogP contribution in [0.3, 0.4) is 0 Å². The predicted molar refractivity (Wildman–Crippen MR) is 72.4 cm³/mol. The summed E-state index contributed by atoms with van der Waals surface area (Å²) in [6.07, 6.45) is 3.09. The molecule has 0 bridgehead atoms. The van der Waals surface area contributed by atoms with Crippen LogP contribution in [0, 0.1) is 13.8 Å². The SMILES string of the molecule is Cc1cc(C(=O)NC2CCC2)cc(S(N)(=O)=O)c1C. The summed E-state index contributed by atoms with van der Waals surface area (Å²) in [5.74, 6) is -0.238. The van der Waals surface area contributed by atoms with Gasteiger partial charge >= 0.3 is 0 Å². The molecule has 0 spiro atoms. The zero-order valence-electron chi connectivity index (χ0n) is 11.1. The minimum Gasteiger partial charge on any atom is -0.349 e. The minimum atomic E-state index is -3.81. The van der Waals surface area contributed by atoms with Crippen molar-refractivity contribution >= 4 is 15.9 Å². The molecule has 104 valence electrons. The molecule has 1 aromatic rings. The number of hydrogen-bond donors (Lipinski definition) is 2. The van der Waals surface area contributed by atoms with E-state index in [1.165, 1.54) is 6.07 Å². The summed E-state index contributed by atoms with van der Waals surface area (Å²) >= 11 is 0. The number of nitrogens with two attached hydrogens (primary N) is 1. The van der Waals surface area contributed by atoms with Gasteiger partial charge < -0.3 is 5.32 Å². The Morgan fingerprint density at radius 2 is 1.95 bits per heavy atom. The first-order valence-electron chi connectivity index (χ1n) is 6.24. The van der Waals surface area contributed by atoms with Gasteiger partial charge in [-0.2, -0.15) is 0 Å². The maximum absolute atomic E-state index is 12.0. The molecule has 1 fully saturated rings. The van der Waals surface area contributed by atoms with E-state index in [1.807, 2.05) is 0 Å². The van der Waals surface area contributed by atoms with Crippen molar-refractivity contribution in [3.63, 3.8) is 0 Å². The average molecular weight is 282 g/mol. The Morgan fingerprint density at radius 1 is 1.32 bits per heavy atom. The van der Waals surface area contributed by atoms with Crippen LogP contribution in [0.25, 0.3) is 0 Å². The molecule has 2 rings (SSSR count). The smallest absolute Gasteiger partial charge is 0.251 e. The lowest BCUT2D eigenvalue weighted by atomic mass is 9.93. The molecule has 0 saturated heterocycles. The van der Waals surface area contributed by atoms with Crippen molar-refractivity contribution in [2.24, 2.45) is 5.14 Å². The number of aryl methyl sites for hydroxylation is 1. The zero-order valence-corrected chi connectivity index (χ0v) is 11.9. The van der Waals surface area contributed by atoms with Crippen molar-refractivity contribution in [3.8, 4) is 0 Å². The topological polar surface area (TPSA) is 89.3 Å². The van der Waals surface area contributed by atoms with Gasteiger partial charge in [-0.3, -0.25) is 4.79 Å². The molecule has 1 aliphatic rings. The van der Waals surface area contributed by atoms with E-state index in [9.17, 15) is 13.2 Å². The van der Waals surface area contributed by atoms with Crippen LogP contribution >= 0.6 is 0 Å². The summed E-state index contributed by atoms with van der Waals surface area (Å²) in [6.45, 7) is 3.45. The van der Waals surface area contributed by atoms with Crippen molar-refractivity contribution in [2.75, 3.05) is 0 Å². The van der Waals surface area contributed by atoms with Crippen molar-refractivity contribution in [1.29, 1.82) is 0 Å². The molecule has 5 nitrogen and oxygen atoms in total. The second kappa shape index (κ2) is 4.94. The molecule has 19 heavy (non-hydrogen) atoms. The molecular weight excluding hydrogens is 264 g/mol. The van der Waals surface area contributed by atoms with Gasteiger partial charge in [0, 0.05) is 11.6 Å². The summed E-state index contributed by atoms with van der Waals surface area (Å²) in [5.41, 5.74) is 1.67. The molecule has 1 aromatic carbocycles. The van der Waals surface area contributed by atoms with Gasteiger partial charge in [-0.15, -0.1) is 0 Å². The van der Waals surface area contributed by atoms with Crippen molar-refractivity contribution in [3.05, 3.63) is 28.8 Å². The minimum absolute atomic E-state index is 0.0197. The highest BCUT2D eigenvalue weighted by Crippen LogP contribution is 2.22. The second-order valence-corrected chi connectivity index (χ2v) is 6.59. The average Bonchev–Trinajstić information content (AvgIpc) is 2.25. The number of sulfonamides is 1. The predicted octanol–water partition coefficient (Wildman–Crippen LogP) is 1.23. The first-order chi connectivity index (χ1) is 8.79. The molecule has 0 atom stereocenters. The van der Waals surface area contributed by atoms with E-state index in [-0.39, 0.29) is 16.8 Å². The largest absolute Gasteiger partial charge is 0.349 e. The number of rotatable bonds is 3. The monoisotopic (exact) mass is 282 g/mol. The molecule has 6 heteroatoms. The van der Waals surface area contributed by atoms with E-state index < -0.39 is 10.0 Å². The third kappa shape index (κ3) is 2.96. The molecule has 0 unspecified atom stereocenters. The van der Waals surface area contributed by atoms with E-state index in [0.29, 0.717) is 11.1 Å². The summed E-state index contributed by atoms with van der Waals surface area (Å²) < 4.78 is 23.0. The highest BCUT2D eigenvalue weighted by molar-refractivity contribution is 7.89. The van der Waals surface area contributed by atoms with Crippen molar-refractivity contribution in [2.45, 2.75) is 44.0 Å². The molecule has 0 aliphatic heterocycles. The van der Waals surface area contributed by atoms with Crippen LogP contribution in [-0.4, -0.2) is 20.4 Å². The van der Waals surface area contributed by atoms with Gasteiger partial charge in [0.05, 0.1) is 4.90 Å². The molecule has 0 radical (unpaired) electrons. The quantitative estimate of drug-likeness (QED) is 0.874. The van der Waals surface area contributed by atoms with E-state index in [4.69, 9.17) is 5.14 Å². The number of amides is 1. The number of primary sulfonamides is 1. The van der Waals surface area contributed by atoms with Gasteiger partial charge in [0.2, 0.25) is 10.0 Å². The van der Waals surface area contributed by atoms with Crippen LogP contribution < -0.4 is 10.5 Å². The third-order valence-corrected chi connectivity index (χ3v) is 4.67. The van der Waals surface area contributed by atoms with E-state index in [0.717, 1.165) is 24.8 Å². The third-order valence-electron chi connectivity index (χ3n) is 3.63. The Balaban J connectivity index is 2.36. The van der Waals surface area contributed by atoms with Gasteiger partial charge in [0.25, 0.3) is 5.91 Å². The maximum Gasteiger partial charge on any atom is 0.251 e. The van der Waals surface area contributed by atoms with E-state index in [1.54, 1.807) is 19.9 Å². The molecule has 0 heterocycles. The van der Waals surface area contributed by atoms with Gasteiger partial charge in [-0.25, -0.2) is 13.6 Å². The molecule has 0 aromatic heterocycles. The fraction of sp³-hybridized carbons (Fsp3) is 0.462. The van der Waals surface area contributed by atoms with Gasteiger partial charge in [0.15, 0.2) is 0 Å². The summed E-state index contributed by atoms with van der Waals surface area (Å²) in [5, 5.41) is 8.06. The first-order valence-corrected chi connectivity index (χ1v) is 7.78. The van der Waals surface area contributed by atoms with Gasteiger partial charge in [-0.1, -0.05) is 0 Å². The van der Waals surface area contributed by atoms with Crippen LogP contribution in [0.2, 0.25) is 0 Å². The first kappa shape index (κ1) is 14.0. The van der Waals surface area contributed by atoms with Crippen LogP contribution in [0.5, 0.6) is 0 Å². The van der Waals surface area contributed by atoms with Crippen molar-refractivity contribution < 1.29 is 13.2 Å². The molecule has 3 N–H and O–H groups in total. The van der Waals surface area contributed by atoms with Crippen LogP contribution in [0.1, 0.15) is 40.7 Å². The fourth-order valence-corrected chi connectivity index (χ4v) is 2.95. The maximum atomic E-state index is 12.0. The summed E-state index contributed by atoms with van der Waals surface area (Å²) in [4.78, 5) is 12.1. The highest BCUT2D eigenvalue weighted by atomic mass is 32.2. The Labute approximate surface area is 113 Å². The van der Waals surface area contributed by atoms with Crippen molar-refractivity contribution in [1.82, 2.24) is 5.32 Å². The molecular formula is C13H18N2O3S. The van der Waals surface area contributed by atoms with Crippen LogP contribution in [0.15, 0.2) is 17.0 Å². The van der Waals surface area contributed by atoms with Gasteiger partial charge in [-0.05, 0) is 56.4 Å². The zero-order chi connectivity index (χ0) is 14.2. The van der Waals surface area contributed by atoms with E-state index >= 15 is 0 Å². The Morgan fingerprint density at radius 3 is 2.42 bits per heavy atom. The Hall–Kier alpha value is -1.40. The number of nitrogens with one attached hydrogen (secondary N) is 1. The lowest BCUT2D eigenvalue weighted by Gasteiger charge is -2.26. The van der Waals surface area contributed by atoms with Gasteiger partial charge in [0.1, 0.15) is 0 Å². The highest BCUT2D eigenvalue weighted by Gasteiger charge is 2.22. The molecule has 1 aliphatic carbocycles. The Kier molecular flexibility index (Phi) is 3.64. The number of benzene rings is 1. The normalized spacial score (nSPS) is 15.9.